The van der Waals surface area contributed by atoms with Gasteiger partial charge in [0.25, 0.3) is 0 Å². The van der Waals surface area contributed by atoms with Gasteiger partial charge in [0, 0.05) is 24.8 Å². The molecule has 1 saturated heterocycles. The summed E-state index contributed by atoms with van der Waals surface area (Å²) in [4.78, 5) is 23.2. The van der Waals surface area contributed by atoms with Gasteiger partial charge >= 0.3 is 5.97 Å². The van der Waals surface area contributed by atoms with Crippen molar-refractivity contribution < 1.29 is 9.53 Å². The first-order valence-electron chi connectivity index (χ1n) is 9.30. The Hall–Kier alpha value is -2.63. The number of esters is 1. The molecule has 0 radical (unpaired) electrons. The van der Waals surface area contributed by atoms with Crippen LogP contribution in [-0.2, 0) is 4.74 Å². The molecule has 0 saturated carbocycles. The Balaban J connectivity index is 1.74. The number of rotatable bonds is 5. The molecule has 1 aromatic carbocycles. The van der Waals surface area contributed by atoms with E-state index in [0.29, 0.717) is 12.2 Å². The number of nitrogens with zero attached hydrogens (tertiary/aromatic N) is 3. The number of anilines is 3. The second-order valence-corrected chi connectivity index (χ2v) is 6.48. The molecule has 6 nitrogen and oxygen atoms in total. The van der Waals surface area contributed by atoms with Crippen molar-refractivity contribution in [2.24, 2.45) is 0 Å². The van der Waals surface area contributed by atoms with Gasteiger partial charge in [0.15, 0.2) is 0 Å². The lowest BCUT2D eigenvalue weighted by Crippen LogP contribution is -2.25. The average Bonchev–Trinajstić information content (AvgIpc) is 2.91. The number of aryl methyl sites for hydroxylation is 1. The Morgan fingerprint density at radius 2 is 1.81 bits per heavy atom. The van der Waals surface area contributed by atoms with Gasteiger partial charge in [-0.3, -0.25) is 0 Å². The Labute approximate surface area is 154 Å². The molecule has 26 heavy (non-hydrogen) atoms. The molecule has 1 aromatic heterocycles. The minimum atomic E-state index is -0.305. The highest BCUT2D eigenvalue weighted by Crippen LogP contribution is 2.22. The molecule has 6 heteroatoms. The quantitative estimate of drug-likeness (QED) is 0.816. The zero-order valence-electron chi connectivity index (χ0n) is 15.5. The van der Waals surface area contributed by atoms with Crippen LogP contribution in [0.5, 0.6) is 0 Å². The second kappa shape index (κ2) is 8.65. The van der Waals surface area contributed by atoms with Crippen LogP contribution in [0.3, 0.4) is 0 Å². The van der Waals surface area contributed by atoms with Crippen LogP contribution in [0.2, 0.25) is 0 Å². The highest BCUT2D eigenvalue weighted by Gasteiger charge is 2.13. The van der Waals surface area contributed by atoms with Crippen molar-refractivity contribution in [1.29, 1.82) is 0 Å². The fourth-order valence-corrected chi connectivity index (χ4v) is 3.13. The van der Waals surface area contributed by atoms with Gasteiger partial charge in [-0.2, -0.15) is 0 Å². The standard InChI is InChI=1S/C20H26N4O2/c1-3-26-20(25)16-8-10-17(11-9-16)23-18-14-19(22-15(2)21-18)24-12-6-4-5-7-13-24/h8-11,14H,3-7,12-13H2,1-2H3,(H,21,22,23). The largest absolute Gasteiger partial charge is 0.462 e. The maximum Gasteiger partial charge on any atom is 0.338 e. The van der Waals surface area contributed by atoms with Crippen LogP contribution in [0, 0.1) is 6.92 Å². The normalized spacial score (nSPS) is 14.6. The molecule has 1 fully saturated rings. The maximum atomic E-state index is 11.7. The molecule has 2 aromatic rings. The molecule has 0 aliphatic carbocycles. The van der Waals surface area contributed by atoms with Gasteiger partial charge < -0.3 is 15.0 Å². The molecule has 0 spiro atoms. The van der Waals surface area contributed by atoms with Crippen molar-refractivity contribution in [3.63, 3.8) is 0 Å². The van der Waals surface area contributed by atoms with Crippen molar-refractivity contribution in [3.8, 4) is 0 Å². The molecule has 0 unspecified atom stereocenters. The second-order valence-electron chi connectivity index (χ2n) is 6.48. The van der Waals surface area contributed by atoms with E-state index in [-0.39, 0.29) is 5.97 Å². The van der Waals surface area contributed by atoms with E-state index in [0.717, 1.165) is 36.2 Å². The van der Waals surface area contributed by atoms with Crippen LogP contribution in [0.1, 0.15) is 48.8 Å². The summed E-state index contributed by atoms with van der Waals surface area (Å²) in [6.07, 6.45) is 5.00. The van der Waals surface area contributed by atoms with E-state index in [1.807, 2.05) is 25.1 Å². The first-order valence-corrected chi connectivity index (χ1v) is 9.30. The summed E-state index contributed by atoms with van der Waals surface area (Å²) in [6.45, 7) is 6.18. The van der Waals surface area contributed by atoms with E-state index in [4.69, 9.17) is 4.74 Å². The van der Waals surface area contributed by atoms with Crippen molar-refractivity contribution in [3.05, 3.63) is 41.7 Å². The third kappa shape index (κ3) is 4.71. The monoisotopic (exact) mass is 354 g/mol. The summed E-state index contributed by atoms with van der Waals surface area (Å²) in [7, 11) is 0. The molecule has 0 atom stereocenters. The SMILES string of the molecule is CCOC(=O)c1ccc(Nc2cc(N3CCCCCC3)nc(C)n2)cc1. The number of carbonyl (C=O) groups is 1. The van der Waals surface area contributed by atoms with E-state index in [1.165, 1.54) is 25.7 Å². The fourth-order valence-electron chi connectivity index (χ4n) is 3.13. The van der Waals surface area contributed by atoms with Gasteiger partial charge in [-0.05, 0) is 51.0 Å². The molecule has 2 heterocycles. The molecular formula is C20H26N4O2. The zero-order valence-corrected chi connectivity index (χ0v) is 15.5. The number of carbonyl (C=O) groups excluding carboxylic acids is 1. The molecule has 138 valence electrons. The summed E-state index contributed by atoms with van der Waals surface area (Å²) in [5, 5.41) is 3.31. The highest BCUT2D eigenvalue weighted by molar-refractivity contribution is 5.89. The van der Waals surface area contributed by atoms with Crippen LogP contribution < -0.4 is 10.2 Å². The number of hydrogen-bond donors (Lipinski definition) is 1. The lowest BCUT2D eigenvalue weighted by atomic mass is 10.2. The average molecular weight is 354 g/mol. The minimum Gasteiger partial charge on any atom is -0.462 e. The summed E-state index contributed by atoms with van der Waals surface area (Å²) < 4.78 is 5.01. The van der Waals surface area contributed by atoms with Crippen LogP contribution in [0.4, 0.5) is 17.3 Å². The molecule has 1 aliphatic heterocycles. The lowest BCUT2D eigenvalue weighted by molar-refractivity contribution is 0.0526. The van der Waals surface area contributed by atoms with Gasteiger partial charge in [-0.15, -0.1) is 0 Å². The first kappa shape index (κ1) is 18.2. The predicted octanol–water partition coefficient (Wildman–Crippen LogP) is 4.09. The van der Waals surface area contributed by atoms with Gasteiger partial charge in [0.05, 0.1) is 12.2 Å². The third-order valence-corrected chi connectivity index (χ3v) is 4.42. The number of benzene rings is 1. The molecule has 1 aliphatic rings. The molecule has 0 bridgehead atoms. The van der Waals surface area contributed by atoms with E-state index in [1.54, 1.807) is 19.1 Å². The highest BCUT2D eigenvalue weighted by atomic mass is 16.5. The molecule has 0 amide bonds. The minimum absolute atomic E-state index is 0.305. The number of hydrogen-bond acceptors (Lipinski definition) is 6. The van der Waals surface area contributed by atoms with E-state index >= 15 is 0 Å². The molecule has 1 N–H and O–H groups in total. The van der Waals surface area contributed by atoms with Crippen molar-refractivity contribution in [1.82, 2.24) is 9.97 Å². The van der Waals surface area contributed by atoms with Gasteiger partial charge in [-0.25, -0.2) is 14.8 Å². The summed E-state index contributed by atoms with van der Waals surface area (Å²) in [5.74, 6) is 2.18. The molecule has 3 rings (SSSR count). The van der Waals surface area contributed by atoms with Gasteiger partial charge in [0.2, 0.25) is 0 Å². The maximum absolute atomic E-state index is 11.7. The van der Waals surface area contributed by atoms with Crippen molar-refractivity contribution >= 4 is 23.3 Å². The van der Waals surface area contributed by atoms with Crippen LogP contribution in [0.25, 0.3) is 0 Å². The van der Waals surface area contributed by atoms with Crippen LogP contribution >= 0.6 is 0 Å². The van der Waals surface area contributed by atoms with E-state index in [9.17, 15) is 4.79 Å². The Kier molecular flexibility index (Phi) is 6.04. The Morgan fingerprint density at radius 1 is 1.12 bits per heavy atom. The fraction of sp³-hybridized carbons (Fsp3) is 0.450. The van der Waals surface area contributed by atoms with Crippen LogP contribution in [-0.4, -0.2) is 35.6 Å². The summed E-state index contributed by atoms with van der Waals surface area (Å²) >= 11 is 0. The first-order chi connectivity index (χ1) is 12.7. The van der Waals surface area contributed by atoms with Gasteiger partial charge in [0.1, 0.15) is 17.5 Å². The Morgan fingerprint density at radius 3 is 2.46 bits per heavy atom. The third-order valence-electron chi connectivity index (χ3n) is 4.42. The predicted molar refractivity (Wildman–Crippen MR) is 103 cm³/mol. The number of aromatic nitrogens is 2. The van der Waals surface area contributed by atoms with Gasteiger partial charge in [-0.1, -0.05) is 12.8 Å². The summed E-state index contributed by atoms with van der Waals surface area (Å²) in [5.41, 5.74) is 1.42. The molecular weight excluding hydrogens is 328 g/mol. The van der Waals surface area contributed by atoms with Crippen molar-refractivity contribution in [2.75, 3.05) is 29.9 Å². The van der Waals surface area contributed by atoms with Crippen LogP contribution in [0.15, 0.2) is 30.3 Å². The topological polar surface area (TPSA) is 67.3 Å². The number of nitrogens with one attached hydrogen (secondary N) is 1. The Bertz CT molecular complexity index is 738. The number of ether oxygens (including phenoxy) is 1. The lowest BCUT2D eigenvalue weighted by Gasteiger charge is -2.22. The summed E-state index contributed by atoms with van der Waals surface area (Å²) in [6, 6.07) is 9.22. The smallest absolute Gasteiger partial charge is 0.338 e. The van der Waals surface area contributed by atoms with Crippen molar-refractivity contribution in [2.45, 2.75) is 39.5 Å². The van der Waals surface area contributed by atoms with E-state index < -0.39 is 0 Å². The zero-order chi connectivity index (χ0) is 18.4. The van der Waals surface area contributed by atoms with E-state index in [2.05, 4.69) is 20.2 Å².